The van der Waals surface area contributed by atoms with Gasteiger partial charge in [0.15, 0.2) is 0 Å². The molecule has 0 aliphatic rings. The number of hydrogen-bond acceptors (Lipinski definition) is 3. The van der Waals surface area contributed by atoms with E-state index >= 15 is 0 Å². The Kier molecular flexibility index (Phi) is 3.94. The molecule has 2 nitrogen and oxygen atoms in total. The largest absolute Gasteiger partial charge is 0.488 e. The number of anilines is 1. The highest BCUT2D eigenvalue weighted by Crippen LogP contribution is 2.27. The van der Waals surface area contributed by atoms with E-state index in [4.69, 9.17) is 10.5 Å². The molecule has 0 amide bonds. The maximum atomic E-state index is 5.79. The molecule has 2 rings (SSSR count). The van der Waals surface area contributed by atoms with Crippen LogP contribution in [0.15, 0.2) is 53.4 Å². The van der Waals surface area contributed by atoms with Crippen LogP contribution in [-0.2, 0) is 6.61 Å². The zero-order chi connectivity index (χ0) is 12.1. The number of para-hydroxylation sites is 1. The van der Waals surface area contributed by atoms with Gasteiger partial charge in [0.2, 0.25) is 0 Å². The summed E-state index contributed by atoms with van der Waals surface area (Å²) >= 11 is 1.69. The van der Waals surface area contributed by atoms with Gasteiger partial charge in [-0.25, -0.2) is 0 Å². The van der Waals surface area contributed by atoms with Crippen molar-refractivity contribution < 1.29 is 4.74 Å². The maximum Gasteiger partial charge on any atom is 0.133 e. The van der Waals surface area contributed by atoms with E-state index in [9.17, 15) is 0 Å². The number of rotatable bonds is 4. The van der Waals surface area contributed by atoms with E-state index in [2.05, 4.69) is 6.07 Å². The lowest BCUT2D eigenvalue weighted by molar-refractivity contribution is 0.299. The third kappa shape index (κ3) is 3.17. The topological polar surface area (TPSA) is 35.2 Å². The summed E-state index contributed by atoms with van der Waals surface area (Å²) < 4.78 is 5.79. The van der Waals surface area contributed by atoms with E-state index in [1.165, 1.54) is 0 Å². The standard InChI is InChI=1S/C14H15NOS/c1-17-14-5-3-2-4-13(14)16-10-11-6-8-12(15)9-7-11/h2-9H,10,15H2,1H3. The van der Waals surface area contributed by atoms with Crippen LogP contribution in [0.4, 0.5) is 5.69 Å². The van der Waals surface area contributed by atoms with Gasteiger partial charge in [-0.2, -0.15) is 0 Å². The summed E-state index contributed by atoms with van der Waals surface area (Å²) in [5.74, 6) is 0.928. The third-order valence-electron chi connectivity index (χ3n) is 2.44. The second-order valence-corrected chi connectivity index (χ2v) is 4.53. The fourth-order valence-electron chi connectivity index (χ4n) is 1.51. The van der Waals surface area contributed by atoms with Crippen molar-refractivity contribution in [1.82, 2.24) is 0 Å². The predicted molar refractivity (Wildman–Crippen MR) is 73.4 cm³/mol. The summed E-state index contributed by atoms with van der Waals surface area (Å²) in [6.07, 6.45) is 2.05. The molecular formula is C14H15NOS. The smallest absolute Gasteiger partial charge is 0.133 e. The molecule has 2 aromatic carbocycles. The predicted octanol–water partition coefficient (Wildman–Crippen LogP) is 3.57. The molecule has 3 heteroatoms. The Morgan fingerprint density at radius 2 is 1.76 bits per heavy atom. The van der Waals surface area contributed by atoms with Gasteiger partial charge in [-0.05, 0) is 36.1 Å². The van der Waals surface area contributed by atoms with Crippen molar-refractivity contribution in [2.75, 3.05) is 12.0 Å². The van der Waals surface area contributed by atoms with Gasteiger partial charge in [0, 0.05) is 10.6 Å². The Morgan fingerprint density at radius 3 is 2.47 bits per heavy atom. The zero-order valence-electron chi connectivity index (χ0n) is 9.72. The first-order chi connectivity index (χ1) is 8.29. The summed E-state index contributed by atoms with van der Waals surface area (Å²) in [5, 5.41) is 0. The van der Waals surface area contributed by atoms with Crippen molar-refractivity contribution >= 4 is 17.4 Å². The van der Waals surface area contributed by atoms with E-state index in [1.54, 1.807) is 11.8 Å². The number of nitrogens with two attached hydrogens (primary N) is 1. The van der Waals surface area contributed by atoms with Crippen LogP contribution in [0.5, 0.6) is 5.75 Å². The summed E-state index contributed by atoms with van der Waals surface area (Å²) in [7, 11) is 0. The minimum absolute atomic E-state index is 0.567. The molecule has 0 saturated carbocycles. The number of thioether (sulfide) groups is 1. The molecule has 0 saturated heterocycles. The fraction of sp³-hybridized carbons (Fsp3) is 0.143. The van der Waals surface area contributed by atoms with E-state index in [0.717, 1.165) is 21.9 Å². The molecular weight excluding hydrogens is 230 g/mol. The van der Waals surface area contributed by atoms with E-state index in [1.807, 2.05) is 48.7 Å². The number of nitrogen functional groups attached to an aromatic ring is 1. The van der Waals surface area contributed by atoms with Crippen molar-refractivity contribution in [2.45, 2.75) is 11.5 Å². The molecule has 0 atom stereocenters. The van der Waals surface area contributed by atoms with Crippen LogP contribution < -0.4 is 10.5 Å². The van der Waals surface area contributed by atoms with Crippen molar-refractivity contribution in [2.24, 2.45) is 0 Å². The van der Waals surface area contributed by atoms with Crippen molar-refractivity contribution in [3.63, 3.8) is 0 Å². The van der Waals surface area contributed by atoms with Crippen LogP contribution in [0.2, 0.25) is 0 Å². The third-order valence-corrected chi connectivity index (χ3v) is 3.22. The van der Waals surface area contributed by atoms with Gasteiger partial charge in [-0.1, -0.05) is 24.3 Å². The Labute approximate surface area is 106 Å². The molecule has 0 aliphatic carbocycles. The number of benzene rings is 2. The molecule has 17 heavy (non-hydrogen) atoms. The SMILES string of the molecule is CSc1ccccc1OCc1ccc(N)cc1. The quantitative estimate of drug-likeness (QED) is 0.660. The van der Waals surface area contributed by atoms with Crippen LogP contribution in [0.25, 0.3) is 0 Å². The molecule has 88 valence electrons. The molecule has 0 aromatic heterocycles. The molecule has 0 unspecified atom stereocenters. The monoisotopic (exact) mass is 245 g/mol. The average molecular weight is 245 g/mol. The summed E-state index contributed by atoms with van der Waals surface area (Å²) in [6, 6.07) is 15.8. The zero-order valence-corrected chi connectivity index (χ0v) is 10.5. The second-order valence-electron chi connectivity index (χ2n) is 3.68. The first-order valence-electron chi connectivity index (χ1n) is 5.40. The van der Waals surface area contributed by atoms with Crippen molar-refractivity contribution in [3.05, 3.63) is 54.1 Å². The fourth-order valence-corrected chi connectivity index (χ4v) is 2.06. The van der Waals surface area contributed by atoms with E-state index < -0.39 is 0 Å². The first-order valence-corrected chi connectivity index (χ1v) is 6.62. The lowest BCUT2D eigenvalue weighted by atomic mass is 10.2. The minimum Gasteiger partial charge on any atom is -0.488 e. The van der Waals surface area contributed by atoms with E-state index in [0.29, 0.717) is 6.61 Å². The lowest BCUT2D eigenvalue weighted by Gasteiger charge is -2.09. The van der Waals surface area contributed by atoms with E-state index in [-0.39, 0.29) is 0 Å². The molecule has 0 heterocycles. The molecule has 2 aromatic rings. The molecule has 0 aliphatic heterocycles. The van der Waals surface area contributed by atoms with Gasteiger partial charge in [0.25, 0.3) is 0 Å². The van der Waals surface area contributed by atoms with Crippen LogP contribution in [0.1, 0.15) is 5.56 Å². The summed E-state index contributed by atoms with van der Waals surface area (Å²) in [5.41, 5.74) is 7.53. The van der Waals surface area contributed by atoms with Crippen molar-refractivity contribution in [1.29, 1.82) is 0 Å². The van der Waals surface area contributed by atoms with Gasteiger partial charge >= 0.3 is 0 Å². The van der Waals surface area contributed by atoms with Gasteiger partial charge in [-0.15, -0.1) is 11.8 Å². The van der Waals surface area contributed by atoms with Gasteiger partial charge in [0.05, 0.1) is 0 Å². The van der Waals surface area contributed by atoms with Crippen LogP contribution in [-0.4, -0.2) is 6.26 Å². The van der Waals surface area contributed by atoms with Gasteiger partial charge in [-0.3, -0.25) is 0 Å². The second kappa shape index (κ2) is 5.64. The molecule has 0 bridgehead atoms. The Morgan fingerprint density at radius 1 is 1.06 bits per heavy atom. The minimum atomic E-state index is 0.567. The van der Waals surface area contributed by atoms with Crippen LogP contribution in [0.3, 0.4) is 0 Å². The highest BCUT2D eigenvalue weighted by molar-refractivity contribution is 7.98. The summed E-state index contributed by atoms with van der Waals surface area (Å²) in [6.45, 7) is 0.567. The average Bonchev–Trinajstić information content (AvgIpc) is 2.38. The lowest BCUT2D eigenvalue weighted by Crippen LogP contribution is -1.96. The van der Waals surface area contributed by atoms with Crippen LogP contribution in [0, 0.1) is 0 Å². The van der Waals surface area contributed by atoms with Crippen LogP contribution >= 0.6 is 11.8 Å². The normalized spacial score (nSPS) is 10.2. The molecule has 0 spiro atoms. The Bertz CT molecular complexity index is 482. The Hall–Kier alpha value is -1.61. The highest BCUT2D eigenvalue weighted by Gasteiger charge is 2.01. The summed E-state index contributed by atoms with van der Waals surface area (Å²) in [4.78, 5) is 1.16. The Balaban J connectivity index is 2.04. The highest BCUT2D eigenvalue weighted by atomic mass is 32.2. The molecule has 0 fully saturated rings. The van der Waals surface area contributed by atoms with Gasteiger partial charge < -0.3 is 10.5 Å². The maximum absolute atomic E-state index is 5.79. The molecule has 2 N–H and O–H groups in total. The number of hydrogen-bond donors (Lipinski definition) is 1. The van der Waals surface area contributed by atoms with Gasteiger partial charge in [0.1, 0.15) is 12.4 Å². The molecule has 0 radical (unpaired) electrons. The number of ether oxygens (including phenoxy) is 1. The van der Waals surface area contributed by atoms with Crippen molar-refractivity contribution in [3.8, 4) is 5.75 Å². The first kappa shape index (κ1) is 11.9.